The van der Waals surface area contributed by atoms with Gasteiger partial charge in [0.1, 0.15) is 11.5 Å². The molecule has 1 aromatic rings. The van der Waals surface area contributed by atoms with Crippen LogP contribution in [0.2, 0.25) is 0 Å². The Hall–Kier alpha value is -2.05. The molecule has 0 radical (unpaired) electrons. The zero-order valence-corrected chi connectivity index (χ0v) is 10.9. The summed E-state index contributed by atoms with van der Waals surface area (Å²) in [5.41, 5.74) is 5.80. The zero-order valence-electron chi connectivity index (χ0n) is 10.9. The second-order valence-electron chi connectivity index (χ2n) is 4.36. The third-order valence-electron chi connectivity index (χ3n) is 2.55. The first-order chi connectivity index (χ1) is 8.45. The van der Waals surface area contributed by atoms with E-state index in [1.807, 2.05) is 13.8 Å². The maximum absolute atomic E-state index is 12.2. The molecule has 1 heterocycles. The highest BCUT2D eigenvalue weighted by atomic mass is 16.4. The van der Waals surface area contributed by atoms with E-state index in [1.165, 1.54) is 0 Å². The van der Waals surface area contributed by atoms with Crippen molar-refractivity contribution in [1.82, 2.24) is 14.5 Å². The van der Waals surface area contributed by atoms with E-state index < -0.39 is 0 Å². The van der Waals surface area contributed by atoms with Crippen LogP contribution in [0.5, 0.6) is 0 Å². The minimum atomic E-state index is -0.156. The Morgan fingerprint density at radius 1 is 1.67 bits per heavy atom. The lowest BCUT2D eigenvalue weighted by atomic mass is 10.2. The molecule has 0 saturated heterocycles. The summed E-state index contributed by atoms with van der Waals surface area (Å²) in [7, 11) is 1.81. The summed E-state index contributed by atoms with van der Waals surface area (Å²) in [6.45, 7) is 4.21. The molecular weight excluding hydrogens is 234 g/mol. The first-order valence-electron chi connectivity index (χ1n) is 5.71. The molecule has 0 spiro atoms. The standard InChI is InChI=1S/C11H19N5O2/c1-8(2)16(5-4-10(12)14-18)11(17)9-6-15(3)7-13-9/h6-8,18H,4-5H2,1-3H3,(H2,12,14). The number of amides is 1. The van der Waals surface area contributed by atoms with Crippen LogP contribution in [-0.2, 0) is 7.05 Å². The number of hydrogen-bond donors (Lipinski definition) is 2. The average molecular weight is 253 g/mol. The quantitative estimate of drug-likeness (QED) is 0.344. The molecule has 0 fully saturated rings. The normalized spacial score (nSPS) is 11.9. The van der Waals surface area contributed by atoms with Gasteiger partial charge in [0.05, 0.1) is 6.33 Å². The van der Waals surface area contributed by atoms with Gasteiger partial charge in [-0.1, -0.05) is 5.16 Å². The van der Waals surface area contributed by atoms with Crippen molar-refractivity contribution in [3.8, 4) is 0 Å². The topological polar surface area (TPSA) is 96.7 Å². The van der Waals surface area contributed by atoms with E-state index in [4.69, 9.17) is 10.9 Å². The molecule has 0 bridgehead atoms. The number of nitrogens with zero attached hydrogens (tertiary/aromatic N) is 4. The van der Waals surface area contributed by atoms with Crippen molar-refractivity contribution < 1.29 is 10.0 Å². The fourth-order valence-corrected chi connectivity index (χ4v) is 1.55. The van der Waals surface area contributed by atoms with Gasteiger partial charge in [-0.2, -0.15) is 0 Å². The van der Waals surface area contributed by atoms with Crippen LogP contribution in [0.4, 0.5) is 0 Å². The van der Waals surface area contributed by atoms with Crippen LogP contribution in [0.15, 0.2) is 17.7 Å². The first-order valence-corrected chi connectivity index (χ1v) is 5.71. The monoisotopic (exact) mass is 253 g/mol. The van der Waals surface area contributed by atoms with Crippen LogP contribution >= 0.6 is 0 Å². The van der Waals surface area contributed by atoms with E-state index in [2.05, 4.69) is 10.1 Å². The molecule has 18 heavy (non-hydrogen) atoms. The van der Waals surface area contributed by atoms with Gasteiger partial charge >= 0.3 is 0 Å². The molecular formula is C11H19N5O2. The molecule has 3 N–H and O–H groups in total. The average Bonchev–Trinajstić information content (AvgIpc) is 2.75. The van der Waals surface area contributed by atoms with Gasteiger partial charge in [0.2, 0.25) is 0 Å². The van der Waals surface area contributed by atoms with Crippen LogP contribution in [0.25, 0.3) is 0 Å². The SMILES string of the molecule is CC(C)N(CCC(N)=NO)C(=O)c1cn(C)cn1. The summed E-state index contributed by atoms with van der Waals surface area (Å²) < 4.78 is 1.72. The lowest BCUT2D eigenvalue weighted by molar-refractivity contribution is 0.0705. The number of nitrogens with two attached hydrogens (primary N) is 1. The van der Waals surface area contributed by atoms with Crippen molar-refractivity contribution in [2.24, 2.45) is 17.9 Å². The van der Waals surface area contributed by atoms with E-state index in [1.54, 1.807) is 29.0 Å². The van der Waals surface area contributed by atoms with Gasteiger partial charge in [-0.3, -0.25) is 4.79 Å². The highest BCUT2D eigenvalue weighted by Gasteiger charge is 2.20. The maximum Gasteiger partial charge on any atom is 0.274 e. The molecule has 0 unspecified atom stereocenters. The van der Waals surface area contributed by atoms with Gasteiger partial charge < -0.3 is 20.4 Å². The first kappa shape index (κ1) is 14.0. The predicted molar refractivity (Wildman–Crippen MR) is 67.4 cm³/mol. The lowest BCUT2D eigenvalue weighted by Gasteiger charge is -2.25. The summed E-state index contributed by atoms with van der Waals surface area (Å²) in [5.74, 6) is -0.0502. The lowest BCUT2D eigenvalue weighted by Crippen LogP contribution is -2.39. The molecule has 1 rings (SSSR count). The van der Waals surface area contributed by atoms with Gasteiger partial charge in [0.25, 0.3) is 5.91 Å². The fourth-order valence-electron chi connectivity index (χ4n) is 1.55. The number of oxime groups is 1. The molecule has 0 aromatic carbocycles. The fraction of sp³-hybridized carbons (Fsp3) is 0.545. The van der Waals surface area contributed by atoms with Crippen molar-refractivity contribution in [3.63, 3.8) is 0 Å². The van der Waals surface area contributed by atoms with E-state index in [-0.39, 0.29) is 17.8 Å². The van der Waals surface area contributed by atoms with Crippen LogP contribution < -0.4 is 5.73 Å². The largest absolute Gasteiger partial charge is 0.409 e. The number of aromatic nitrogens is 2. The van der Waals surface area contributed by atoms with E-state index >= 15 is 0 Å². The van der Waals surface area contributed by atoms with E-state index in [9.17, 15) is 4.79 Å². The maximum atomic E-state index is 12.2. The molecule has 1 aromatic heterocycles. The van der Waals surface area contributed by atoms with Gasteiger partial charge in [-0.25, -0.2) is 4.98 Å². The molecule has 1 amide bonds. The smallest absolute Gasteiger partial charge is 0.274 e. The van der Waals surface area contributed by atoms with Crippen LogP contribution in [0, 0.1) is 0 Å². The van der Waals surface area contributed by atoms with Crippen LogP contribution in [0.3, 0.4) is 0 Å². The van der Waals surface area contributed by atoms with E-state index in [0.29, 0.717) is 18.7 Å². The number of imidazole rings is 1. The van der Waals surface area contributed by atoms with Gasteiger partial charge in [0, 0.05) is 32.3 Å². The number of rotatable bonds is 5. The van der Waals surface area contributed by atoms with Gasteiger partial charge in [-0.15, -0.1) is 0 Å². The number of carbonyl (C=O) groups is 1. The number of carbonyl (C=O) groups excluding carboxylic acids is 1. The summed E-state index contributed by atoms with van der Waals surface area (Å²) >= 11 is 0. The summed E-state index contributed by atoms with van der Waals surface area (Å²) in [4.78, 5) is 17.9. The van der Waals surface area contributed by atoms with Crippen LogP contribution in [-0.4, -0.2) is 44.0 Å². The second-order valence-corrected chi connectivity index (χ2v) is 4.36. The Morgan fingerprint density at radius 3 is 2.78 bits per heavy atom. The zero-order chi connectivity index (χ0) is 13.7. The highest BCUT2D eigenvalue weighted by molar-refractivity contribution is 5.92. The number of amidine groups is 1. The molecule has 7 nitrogen and oxygen atoms in total. The van der Waals surface area contributed by atoms with Crippen molar-refractivity contribution in [3.05, 3.63) is 18.2 Å². The number of hydrogen-bond acceptors (Lipinski definition) is 4. The molecule has 0 aliphatic heterocycles. The molecule has 100 valence electrons. The Morgan fingerprint density at radius 2 is 2.33 bits per heavy atom. The molecule has 0 aliphatic carbocycles. The van der Waals surface area contributed by atoms with Crippen LogP contribution in [0.1, 0.15) is 30.8 Å². The Bertz CT molecular complexity index is 438. The van der Waals surface area contributed by atoms with Crippen molar-refractivity contribution in [1.29, 1.82) is 0 Å². The van der Waals surface area contributed by atoms with Crippen molar-refractivity contribution in [2.75, 3.05) is 6.54 Å². The third kappa shape index (κ3) is 3.47. The molecule has 0 atom stereocenters. The molecule has 0 aliphatic rings. The Balaban J connectivity index is 2.76. The minimum Gasteiger partial charge on any atom is -0.409 e. The summed E-state index contributed by atoms with van der Waals surface area (Å²) in [6.07, 6.45) is 3.57. The Kier molecular flexibility index (Phi) is 4.70. The third-order valence-corrected chi connectivity index (χ3v) is 2.55. The summed E-state index contributed by atoms with van der Waals surface area (Å²) in [5, 5.41) is 11.4. The van der Waals surface area contributed by atoms with Crippen molar-refractivity contribution in [2.45, 2.75) is 26.3 Å². The van der Waals surface area contributed by atoms with Gasteiger partial charge in [0.15, 0.2) is 0 Å². The Labute approximate surface area is 106 Å². The molecule has 7 heteroatoms. The predicted octanol–water partition coefficient (Wildman–Crippen LogP) is 0.407. The minimum absolute atomic E-state index is 0.0194. The van der Waals surface area contributed by atoms with E-state index in [0.717, 1.165) is 0 Å². The second kappa shape index (κ2) is 6.04. The van der Waals surface area contributed by atoms with Crippen molar-refractivity contribution >= 4 is 11.7 Å². The number of aryl methyl sites for hydroxylation is 1. The summed E-state index contributed by atoms with van der Waals surface area (Å²) in [6, 6.07) is 0.0194. The van der Waals surface area contributed by atoms with Gasteiger partial charge in [-0.05, 0) is 13.8 Å². The molecule has 0 saturated carbocycles. The highest BCUT2D eigenvalue weighted by Crippen LogP contribution is 2.07.